The summed E-state index contributed by atoms with van der Waals surface area (Å²) in [4.78, 5) is 12.4. The second kappa shape index (κ2) is 6.37. The van der Waals surface area contributed by atoms with Crippen molar-refractivity contribution >= 4 is 17.0 Å². The first-order valence-corrected chi connectivity index (χ1v) is 8.50. The third-order valence-corrected chi connectivity index (χ3v) is 4.68. The summed E-state index contributed by atoms with van der Waals surface area (Å²) >= 11 is 0. The summed E-state index contributed by atoms with van der Waals surface area (Å²) < 4.78 is 24.8. The maximum Gasteiger partial charge on any atom is 0.315 e. The lowest BCUT2D eigenvalue weighted by molar-refractivity contribution is 0.227. The molecule has 4 rings (SSSR count). The molecule has 2 atom stereocenters. The van der Waals surface area contributed by atoms with Gasteiger partial charge in [-0.3, -0.25) is 0 Å². The van der Waals surface area contributed by atoms with Crippen LogP contribution in [0.5, 0.6) is 5.75 Å². The van der Waals surface area contributed by atoms with Crippen LogP contribution in [-0.4, -0.2) is 12.6 Å². The molecule has 0 fully saturated rings. The van der Waals surface area contributed by atoms with Crippen molar-refractivity contribution in [2.75, 3.05) is 6.61 Å². The Balaban J connectivity index is 1.47. The summed E-state index contributed by atoms with van der Waals surface area (Å²) in [5, 5.41) is 6.51. The van der Waals surface area contributed by atoms with Gasteiger partial charge in [-0.15, -0.1) is 0 Å². The molecule has 0 spiro atoms. The van der Waals surface area contributed by atoms with Gasteiger partial charge in [0, 0.05) is 16.5 Å². The van der Waals surface area contributed by atoms with E-state index in [2.05, 4.69) is 10.6 Å². The van der Waals surface area contributed by atoms with Crippen molar-refractivity contribution in [1.29, 1.82) is 0 Å². The molecule has 2 amide bonds. The first kappa shape index (κ1) is 16.4. The summed E-state index contributed by atoms with van der Waals surface area (Å²) in [7, 11) is 0. The van der Waals surface area contributed by atoms with E-state index in [1.165, 1.54) is 12.1 Å². The number of furan rings is 1. The van der Waals surface area contributed by atoms with Crippen LogP contribution in [0.3, 0.4) is 0 Å². The van der Waals surface area contributed by atoms with Crippen LogP contribution >= 0.6 is 0 Å². The minimum absolute atomic E-state index is 0.190. The van der Waals surface area contributed by atoms with Gasteiger partial charge in [-0.25, -0.2) is 9.18 Å². The third-order valence-electron chi connectivity index (χ3n) is 4.68. The Kier molecular flexibility index (Phi) is 4.03. The lowest BCUT2D eigenvalue weighted by Gasteiger charge is -2.16. The molecule has 2 aromatic carbocycles. The Labute approximate surface area is 150 Å². The maximum absolute atomic E-state index is 13.5. The average Bonchev–Trinajstić information content (AvgIpc) is 3.17. The van der Waals surface area contributed by atoms with Gasteiger partial charge in [0.15, 0.2) is 0 Å². The van der Waals surface area contributed by atoms with Crippen LogP contribution < -0.4 is 15.4 Å². The van der Waals surface area contributed by atoms with Crippen LogP contribution in [0.2, 0.25) is 0 Å². The Bertz CT molecular complexity index is 982. The molecule has 2 N–H and O–H groups in total. The molecule has 0 saturated carbocycles. The number of carbonyl (C=O) groups is 1. The number of nitrogens with one attached hydrogen (secondary N) is 2. The molecule has 5 nitrogen and oxygen atoms in total. The number of amides is 2. The number of fused-ring (bicyclic) bond motifs is 2. The van der Waals surface area contributed by atoms with Crippen LogP contribution in [0.4, 0.5) is 9.18 Å². The zero-order chi connectivity index (χ0) is 18.3. The van der Waals surface area contributed by atoms with E-state index in [9.17, 15) is 9.18 Å². The van der Waals surface area contributed by atoms with Crippen LogP contribution in [0.15, 0.2) is 46.9 Å². The molecule has 26 heavy (non-hydrogen) atoms. The predicted octanol–water partition coefficient (Wildman–Crippen LogP) is 4.37. The zero-order valence-corrected chi connectivity index (χ0v) is 14.5. The summed E-state index contributed by atoms with van der Waals surface area (Å²) in [6.45, 7) is 4.10. The summed E-state index contributed by atoms with van der Waals surface area (Å²) in [5.41, 5.74) is 2.39. The molecule has 1 aliphatic rings. The highest BCUT2D eigenvalue weighted by Crippen LogP contribution is 2.32. The highest BCUT2D eigenvalue weighted by atomic mass is 19.1. The Morgan fingerprint density at radius 1 is 1.27 bits per heavy atom. The van der Waals surface area contributed by atoms with E-state index < -0.39 is 0 Å². The average molecular weight is 354 g/mol. The first-order chi connectivity index (χ1) is 12.5. The van der Waals surface area contributed by atoms with Crippen molar-refractivity contribution in [3.05, 3.63) is 65.2 Å². The summed E-state index contributed by atoms with van der Waals surface area (Å²) in [6.07, 6.45) is 0. The summed E-state index contributed by atoms with van der Waals surface area (Å²) in [6, 6.07) is 11.2. The highest BCUT2D eigenvalue weighted by Gasteiger charge is 2.26. The quantitative estimate of drug-likeness (QED) is 0.734. The number of para-hydroxylation sites is 1. The maximum atomic E-state index is 13.5. The van der Waals surface area contributed by atoms with Gasteiger partial charge < -0.3 is 19.8 Å². The molecule has 3 aromatic rings. The largest absolute Gasteiger partial charge is 0.491 e. The first-order valence-electron chi connectivity index (χ1n) is 8.50. The Morgan fingerprint density at radius 3 is 2.92 bits per heavy atom. The number of ether oxygens (including phenoxy) is 1. The fraction of sp³-hybridized carbons (Fsp3) is 0.250. The van der Waals surface area contributed by atoms with E-state index in [4.69, 9.17) is 9.15 Å². The Morgan fingerprint density at radius 2 is 2.08 bits per heavy atom. The number of rotatable bonds is 3. The topological polar surface area (TPSA) is 63.5 Å². The van der Waals surface area contributed by atoms with Gasteiger partial charge in [0.2, 0.25) is 0 Å². The SMILES string of the molecule is Cc1c([C@H](C)NC(=O)NC2COc3ccccc32)oc2ccc(F)cc12. The lowest BCUT2D eigenvalue weighted by atomic mass is 10.1. The van der Waals surface area contributed by atoms with Crippen LogP contribution in [-0.2, 0) is 0 Å². The molecule has 0 radical (unpaired) electrons. The number of hydrogen-bond acceptors (Lipinski definition) is 3. The minimum atomic E-state index is -0.358. The van der Waals surface area contributed by atoms with E-state index in [0.717, 1.165) is 16.9 Å². The molecular formula is C20H19FN2O3. The monoisotopic (exact) mass is 354 g/mol. The Hall–Kier alpha value is -3.02. The highest BCUT2D eigenvalue weighted by molar-refractivity contribution is 5.82. The van der Waals surface area contributed by atoms with Crippen LogP contribution in [0.1, 0.15) is 35.9 Å². The molecule has 6 heteroatoms. The van der Waals surface area contributed by atoms with Crippen molar-refractivity contribution in [1.82, 2.24) is 10.6 Å². The number of hydrogen-bond donors (Lipinski definition) is 2. The van der Waals surface area contributed by atoms with Gasteiger partial charge in [-0.2, -0.15) is 0 Å². The molecule has 134 valence electrons. The van der Waals surface area contributed by atoms with E-state index >= 15 is 0 Å². The number of urea groups is 1. The van der Waals surface area contributed by atoms with Crippen LogP contribution in [0.25, 0.3) is 11.0 Å². The van der Waals surface area contributed by atoms with Gasteiger partial charge in [-0.1, -0.05) is 18.2 Å². The number of benzene rings is 2. The molecule has 0 saturated heterocycles. The minimum Gasteiger partial charge on any atom is -0.491 e. The van der Waals surface area contributed by atoms with Crippen molar-refractivity contribution < 1.29 is 18.3 Å². The van der Waals surface area contributed by atoms with Gasteiger partial charge >= 0.3 is 6.03 Å². The smallest absolute Gasteiger partial charge is 0.315 e. The molecule has 0 aliphatic carbocycles. The number of carbonyl (C=O) groups excluding carboxylic acids is 1. The van der Waals surface area contributed by atoms with Gasteiger partial charge in [0.25, 0.3) is 0 Å². The third kappa shape index (κ3) is 2.87. The van der Waals surface area contributed by atoms with E-state index in [-0.39, 0.29) is 23.9 Å². The van der Waals surface area contributed by atoms with E-state index in [1.807, 2.05) is 38.1 Å². The van der Waals surface area contributed by atoms with Crippen molar-refractivity contribution in [2.45, 2.75) is 25.9 Å². The van der Waals surface area contributed by atoms with Gasteiger partial charge in [0.05, 0.1) is 12.1 Å². The van der Waals surface area contributed by atoms with E-state index in [0.29, 0.717) is 23.3 Å². The van der Waals surface area contributed by atoms with Gasteiger partial charge in [0.1, 0.15) is 29.5 Å². The number of halogens is 1. The van der Waals surface area contributed by atoms with Crippen molar-refractivity contribution in [2.24, 2.45) is 0 Å². The van der Waals surface area contributed by atoms with E-state index in [1.54, 1.807) is 6.07 Å². The summed E-state index contributed by atoms with van der Waals surface area (Å²) in [5.74, 6) is 1.09. The molecule has 1 aromatic heterocycles. The molecule has 2 heterocycles. The molecule has 0 bridgehead atoms. The van der Waals surface area contributed by atoms with Crippen LogP contribution in [0, 0.1) is 12.7 Å². The fourth-order valence-electron chi connectivity index (χ4n) is 3.37. The van der Waals surface area contributed by atoms with Crippen molar-refractivity contribution in [3.63, 3.8) is 0 Å². The van der Waals surface area contributed by atoms with Gasteiger partial charge in [-0.05, 0) is 38.1 Å². The fourth-order valence-corrected chi connectivity index (χ4v) is 3.37. The second-order valence-corrected chi connectivity index (χ2v) is 6.47. The molecule has 1 aliphatic heterocycles. The van der Waals surface area contributed by atoms with Crippen molar-refractivity contribution in [3.8, 4) is 5.75 Å². The molecule has 1 unspecified atom stereocenters. The lowest BCUT2D eigenvalue weighted by Crippen LogP contribution is -2.39. The predicted molar refractivity (Wildman–Crippen MR) is 95.7 cm³/mol. The standard InChI is InChI=1S/C20H19FN2O3/c1-11-15-9-13(21)7-8-18(15)26-19(11)12(2)22-20(24)23-16-10-25-17-6-4-3-5-14(16)17/h3-9,12,16H,10H2,1-2H3,(H2,22,23,24)/t12-,16?/m0/s1. The number of aryl methyl sites for hydroxylation is 1. The molecular weight excluding hydrogens is 335 g/mol. The second-order valence-electron chi connectivity index (χ2n) is 6.47. The zero-order valence-electron chi connectivity index (χ0n) is 14.5. The normalized spacial score (nSPS) is 16.8.